The van der Waals surface area contributed by atoms with Gasteiger partial charge in [0.1, 0.15) is 0 Å². The third-order valence-electron chi connectivity index (χ3n) is 4.96. The Labute approximate surface area is 198 Å². The van der Waals surface area contributed by atoms with Gasteiger partial charge in [0.25, 0.3) is 11.6 Å². The van der Waals surface area contributed by atoms with Crippen molar-refractivity contribution in [2.75, 3.05) is 37.4 Å². The summed E-state index contributed by atoms with van der Waals surface area (Å²) < 4.78 is 11.1. The van der Waals surface area contributed by atoms with Crippen molar-refractivity contribution in [2.24, 2.45) is 0 Å². The molecule has 0 saturated heterocycles. The van der Waals surface area contributed by atoms with E-state index in [9.17, 15) is 14.9 Å². The fourth-order valence-electron chi connectivity index (χ4n) is 3.15. The first kappa shape index (κ1) is 24.5. The third kappa shape index (κ3) is 7.49. The molecule has 0 saturated carbocycles. The van der Waals surface area contributed by atoms with Gasteiger partial charge in [-0.3, -0.25) is 14.9 Å². The van der Waals surface area contributed by atoms with Crippen LogP contribution in [0.3, 0.4) is 0 Å². The number of nitro benzene ring substituents is 1. The number of non-ortho nitro benzene ring substituents is 1. The van der Waals surface area contributed by atoms with Gasteiger partial charge in [-0.15, -0.1) is 0 Å². The summed E-state index contributed by atoms with van der Waals surface area (Å²) in [6.07, 6.45) is 0. The Kier molecular flexibility index (Phi) is 8.81. The van der Waals surface area contributed by atoms with Crippen LogP contribution in [-0.2, 0) is 11.3 Å². The number of aryl methyl sites for hydroxylation is 1. The molecule has 0 spiro atoms. The number of nitrogens with zero attached hydrogens (tertiary/aromatic N) is 1. The molecule has 1 amide bonds. The molecule has 9 heteroatoms. The fraction of sp³-hybridized carbons (Fsp3) is 0.240. The van der Waals surface area contributed by atoms with Gasteiger partial charge in [0.05, 0.1) is 12.0 Å². The number of anilines is 2. The van der Waals surface area contributed by atoms with E-state index >= 15 is 0 Å². The third-order valence-corrected chi connectivity index (χ3v) is 4.96. The molecule has 0 radical (unpaired) electrons. The number of nitro groups is 1. The summed E-state index contributed by atoms with van der Waals surface area (Å²) in [5.41, 5.74) is 3.73. The van der Waals surface area contributed by atoms with Gasteiger partial charge in [0.2, 0.25) is 0 Å². The molecular formula is C25H28N4O5. The molecule has 0 heterocycles. The van der Waals surface area contributed by atoms with E-state index < -0.39 is 4.92 Å². The number of methoxy groups -OCH3 is 1. The van der Waals surface area contributed by atoms with Crippen LogP contribution in [0, 0.1) is 17.0 Å². The molecule has 34 heavy (non-hydrogen) atoms. The monoisotopic (exact) mass is 464 g/mol. The fourth-order valence-corrected chi connectivity index (χ4v) is 3.15. The predicted molar refractivity (Wildman–Crippen MR) is 132 cm³/mol. The van der Waals surface area contributed by atoms with Gasteiger partial charge >= 0.3 is 0 Å². The maximum absolute atomic E-state index is 12.2. The molecule has 3 aromatic carbocycles. The van der Waals surface area contributed by atoms with Crippen molar-refractivity contribution in [3.05, 3.63) is 88.0 Å². The summed E-state index contributed by atoms with van der Waals surface area (Å²) in [5, 5.41) is 20.0. The Balaban J connectivity index is 1.41. The Morgan fingerprint density at radius 3 is 2.32 bits per heavy atom. The molecule has 0 bridgehead atoms. The molecule has 0 aliphatic rings. The van der Waals surface area contributed by atoms with E-state index in [2.05, 4.69) is 16.0 Å². The van der Waals surface area contributed by atoms with Crippen LogP contribution < -0.4 is 25.4 Å². The Morgan fingerprint density at radius 1 is 0.941 bits per heavy atom. The molecule has 3 aromatic rings. The lowest BCUT2D eigenvalue weighted by molar-refractivity contribution is -0.384. The number of hydrogen-bond acceptors (Lipinski definition) is 7. The summed E-state index contributed by atoms with van der Waals surface area (Å²) in [4.78, 5) is 22.4. The highest BCUT2D eigenvalue weighted by atomic mass is 16.6. The van der Waals surface area contributed by atoms with Crippen molar-refractivity contribution in [1.82, 2.24) is 5.32 Å². The molecule has 178 valence electrons. The summed E-state index contributed by atoms with van der Waals surface area (Å²) in [6.45, 7) is 3.82. The summed E-state index contributed by atoms with van der Waals surface area (Å²) >= 11 is 0. The Morgan fingerprint density at radius 2 is 1.65 bits per heavy atom. The van der Waals surface area contributed by atoms with Crippen LogP contribution in [0.4, 0.5) is 17.1 Å². The first-order chi connectivity index (χ1) is 16.4. The average Bonchev–Trinajstić information content (AvgIpc) is 2.84. The standard InChI is InChI=1S/C25H28N4O5/c1-18-3-6-21(7-4-18)28-25(30)17-34-23-12-5-19(15-24(23)33-2)16-26-13-14-27-20-8-10-22(11-9-20)29(31)32/h3-12,15,26-27H,13-14,16-17H2,1-2H3,(H,28,30). The van der Waals surface area contributed by atoms with Crippen molar-refractivity contribution in [3.63, 3.8) is 0 Å². The van der Waals surface area contributed by atoms with Crippen LogP contribution in [0.2, 0.25) is 0 Å². The van der Waals surface area contributed by atoms with Gasteiger partial charge in [-0.05, 0) is 48.9 Å². The molecule has 0 fully saturated rings. The molecule has 0 aliphatic heterocycles. The quantitative estimate of drug-likeness (QED) is 0.210. The number of hydrogen-bond donors (Lipinski definition) is 3. The van der Waals surface area contributed by atoms with Gasteiger partial charge in [-0.25, -0.2) is 0 Å². The zero-order chi connectivity index (χ0) is 24.3. The van der Waals surface area contributed by atoms with Gasteiger partial charge in [0.15, 0.2) is 18.1 Å². The van der Waals surface area contributed by atoms with Gasteiger partial charge in [0, 0.05) is 43.1 Å². The van der Waals surface area contributed by atoms with Crippen LogP contribution in [0.15, 0.2) is 66.7 Å². The van der Waals surface area contributed by atoms with Crippen molar-refractivity contribution in [1.29, 1.82) is 0 Å². The second-order valence-corrected chi connectivity index (χ2v) is 7.60. The summed E-state index contributed by atoms with van der Waals surface area (Å²) in [6, 6.07) is 19.4. The maximum Gasteiger partial charge on any atom is 0.269 e. The van der Waals surface area contributed by atoms with Crippen molar-refractivity contribution < 1.29 is 19.2 Å². The Hall–Kier alpha value is -4.11. The zero-order valence-corrected chi connectivity index (χ0v) is 19.2. The van der Waals surface area contributed by atoms with E-state index in [4.69, 9.17) is 9.47 Å². The molecule has 0 aliphatic carbocycles. The van der Waals surface area contributed by atoms with Crippen molar-refractivity contribution in [3.8, 4) is 11.5 Å². The number of nitrogens with one attached hydrogen (secondary N) is 3. The SMILES string of the molecule is COc1cc(CNCCNc2ccc([N+](=O)[O-])cc2)ccc1OCC(=O)Nc1ccc(C)cc1. The van der Waals surface area contributed by atoms with Crippen LogP contribution in [-0.4, -0.2) is 37.6 Å². The molecule has 3 N–H and O–H groups in total. The van der Waals surface area contributed by atoms with Crippen molar-refractivity contribution in [2.45, 2.75) is 13.5 Å². The normalized spacial score (nSPS) is 10.4. The highest BCUT2D eigenvalue weighted by Crippen LogP contribution is 2.28. The van der Waals surface area contributed by atoms with Gasteiger partial charge in [-0.1, -0.05) is 23.8 Å². The van der Waals surface area contributed by atoms with Crippen molar-refractivity contribution >= 4 is 23.0 Å². The van der Waals surface area contributed by atoms with Crippen LogP contribution in [0.1, 0.15) is 11.1 Å². The second kappa shape index (κ2) is 12.2. The van der Waals surface area contributed by atoms with Crippen LogP contribution in [0.5, 0.6) is 11.5 Å². The molecule has 0 unspecified atom stereocenters. The second-order valence-electron chi connectivity index (χ2n) is 7.60. The number of carbonyl (C=O) groups excluding carboxylic acids is 1. The van der Waals surface area contributed by atoms with E-state index in [1.807, 2.05) is 43.3 Å². The number of carbonyl (C=O) groups is 1. The number of benzene rings is 3. The minimum Gasteiger partial charge on any atom is -0.493 e. The lowest BCUT2D eigenvalue weighted by atomic mass is 10.2. The molecule has 9 nitrogen and oxygen atoms in total. The number of ether oxygens (including phenoxy) is 2. The minimum atomic E-state index is -0.421. The minimum absolute atomic E-state index is 0.0666. The Bertz CT molecular complexity index is 1100. The highest BCUT2D eigenvalue weighted by molar-refractivity contribution is 5.91. The predicted octanol–water partition coefficient (Wildman–Crippen LogP) is 4.13. The maximum atomic E-state index is 12.2. The lowest BCUT2D eigenvalue weighted by Crippen LogP contribution is -2.22. The summed E-state index contributed by atoms with van der Waals surface area (Å²) in [7, 11) is 1.56. The van der Waals surface area contributed by atoms with Crippen LogP contribution >= 0.6 is 0 Å². The zero-order valence-electron chi connectivity index (χ0n) is 19.2. The lowest BCUT2D eigenvalue weighted by Gasteiger charge is -2.13. The van der Waals surface area contributed by atoms with Crippen LogP contribution in [0.25, 0.3) is 0 Å². The first-order valence-electron chi connectivity index (χ1n) is 10.8. The van der Waals surface area contributed by atoms with Gasteiger partial charge < -0.3 is 25.4 Å². The molecule has 0 atom stereocenters. The number of amides is 1. The molecule has 0 aromatic heterocycles. The van der Waals surface area contributed by atoms with E-state index in [-0.39, 0.29) is 18.2 Å². The van der Waals surface area contributed by atoms with E-state index in [0.29, 0.717) is 31.1 Å². The molecule has 3 rings (SSSR count). The van der Waals surface area contributed by atoms with E-state index in [1.165, 1.54) is 12.1 Å². The number of rotatable bonds is 12. The summed E-state index contributed by atoms with van der Waals surface area (Å²) in [5.74, 6) is 0.786. The highest BCUT2D eigenvalue weighted by Gasteiger charge is 2.09. The van der Waals surface area contributed by atoms with Gasteiger partial charge in [-0.2, -0.15) is 0 Å². The average molecular weight is 465 g/mol. The molecular weight excluding hydrogens is 436 g/mol. The van der Waals surface area contributed by atoms with E-state index in [0.717, 1.165) is 22.5 Å². The van der Waals surface area contributed by atoms with E-state index in [1.54, 1.807) is 25.3 Å². The smallest absolute Gasteiger partial charge is 0.269 e. The largest absolute Gasteiger partial charge is 0.493 e. The first-order valence-corrected chi connectivity index (χ1v) is 10.8. The topological polar surface area (TPSA) is 115 Å².